The first-order valence-corrected chi connectivity index (χ1v) is 6.75. The zero-order chi connectivity index (χ0) is 12.4. The van der Waals surface area contributed by atoms with Gasteiger partial charge in [-0.1, -0.05) is 0 Å². The fourth-order valence-electron chi connectivity index (χ4n) is 1.43. The monoisotopic (exact) mass is 272 g/mol. The number of nitrogens with two attached hydrogens (primary N) is 1. The van der Waals surface area contributed by atoms with Gasteiger partial charge in [-0.05, 0) is 12.1 Å². The highest BCUT2D eigenvalue weighted by atomic mass is 32.3. The van der Waals surface area contributed by atoms with Gasteiger partial charge in [-0.15, -0.1) is 3.89 Å². The molecule has 5 nitrogen and oxygen atoms in total. The minimum absolute atomic E-state index is 0.154. The summed E-state index contributed by atoms with van der Waals surface area (Å²) < 4.78 is 25.3. The Kier molecular flexibility index (Phi) is 3.43. The van der Waals surface area contributed by atoms with Crippen LogP contribution in [0.25, 0.3) is 11.0 Å². The van der Waals surface area contributed by atoms with E-state index < -0.39 is 11.0 Å². The zero-order valence-corrected chi connectivity index (χ0v) is 10.5. The predicted octanol–water partition coefficient (Wildman–Crippen LogP) is 1.84. The average molecular weight is 272 g/mol. The molecule has 2 N–H and O–H groups in total. The van der Waals surface area contributed by atoms with Crippen molar-refractivity contribution in [2.75, 3.05) is 15.7 Å². The Bertz CT molecular complexity index is 580. The van der Waals surface area contributed by atoms with Crippen molar-refractivity contribution in [1.82, 2.24) is 9.97 Å². The summed E-state index contributed by atoms with van der Waals surface area (Å²) in [5.41, 5.74) is 7.36. The van der Waals surface area contributed by atoms with Crippen LogP contribution in [-0.4, -0.2) is 20.4 Å². The molecular weight excluding hydrogens is 263 g/mol. The van der Waals surface area contributed by atoms with E-state index in [0.717, 1.165) is 3.71 Å². The highest BCUT2D eigenvalue weighted by molar-refractivity contribution is 8.09. The van der Waals surface area contributed by atoms with Crippen molar-refractivity contribution < 1.29 is 8.09 Å². The van der Waals surface area contributed by atoms with Crippen LogP contribution in [0.5, 0.6) is 0 Å². The number of benzene rings is 1. The van der Waals surface area contributed by atoms with Gasteiger partial charge < -0.3 is 5.73 Å². The maximum Gasteiger partial charge on any atom is 0.178 e. The molecule has 1 atom stereocenters. The Balaban J connectivity index is 2.73. The van der Waals surface area contributed by atoms with E-state index in [1.165, 1.54) is 18.6 Å². The van der Waals surface area contributed by atoms with Crippen LogP contribution in [0.3, 0.4) is 0 Å². The quantitative estimate of drug-likeness (QED) is 0.682. The second-order valence-electron chi connectivity index (χ2n) is 3.18. The summed E-state index contributed by atoms with van der Waals surface area (Å²) >= 11 is -0.154. The third-order valence-electron chi connectivity index (χ3n) is 2.12. The normalized spacial score (nSPS) is 12.6. The second kappa shape index (κ2) is 4.84. The zero-order valence-electron chi connectivity index (χ0n) is 8.83. The van der Waals surface area contributed by atoms with Crippen LogP contribution in [0.1, 0.15) is 0 Å². The summed E-state index contributed by atoms with van der Waals surface area (Å²) in [6.07, 6.45) is 4.37. The summed E-state index contributed by atoms with van der Waals surface area (Å²) in [5.74, 6) is 0. The number of hydrogen-bond acceptors (Lipinski definition) is 5. The van der Waals surface area contributed by atoms with Gasteiger partial charge in [0.2, 0.25) is 0 Å². The fraction of sp³-hybridized carbons (Fsp3) is 0.111. The number of hydrogen-bond donors (Lipinski definition) is 1. The molecule has 1 heterocycles. The van der Waals surface area contributed by atoms with E-state index in [4.69, 9.17) is 5.73 Å². The molecule has 0 saturated heterocycles. The lowest BCUT2D eigenvalue weighted by molar-refractivity contribution is 0.688. The van der Waals surface area contributed by atoms with Crippen molar-refractivity contribution in [1.29, 1.82) is 0 Å². The molecule has 1 aromatic carbocycles. The van der Waals surface area contributed by atoms with E-state index in [9.17, 15) is 8.09 Å². The van der Waals surface area contributed by atoms with Gasteiger partial charge in [0.25, 0.3) is 0 Å². The number of aromatic nitrogens is 2. The number of nitrogens with zero attached hydrogens (tertiary/aromatic N) is 3. The van der Waals surface area contributed by atoms with E-state index in [1.54, 1.807) is 12.1 Å². The molecule has 0 amide bonds. The average Bonchev–Trinajstić information content (AvgIpc) is 2.32. The first kappa shape index (κ1) is 12.1. The summed E-state index contributed by atoms with van der Waals surface area (Å²) in [6.45, 7) is 0. The van der Waals surface area contributed by atoms with Gasteiger partial charge in [0, 0.05) is 18.6 Å². The first-order valence-electron chi connectivity index (χ1n) is 4.56. The molecule has 2 rings (SSSR count). The van der Waals surface area contributed by atoms with Crippen molar-refractivity contribution in [2.24, 2.45) is 0 Å². The molecule has 1 unspecified atom stereocenters. The standard InChI is InChI=1S/C9H9FN4OS2/c1-17(15)14(16-10)9-6(11)2-3-7-8(9)13-5-4-12-7/h2-5H,11H2,1H3. The number of anilines is 2. The van der Waals surface area contributed by atoms with Crippen LogP contribution < -0.4 is 9.44 Å². The Morgan fingerprint density at radius 1 is 1.41 bits per heavy atom. The largest absolute Gasteiger partial charge is 0.397 e. The molecular formula is C9H9FN4OS2. The molecule has 90 valence electrons. The van der Waals surface area contributed by atoms with Crippen molar-refractivity contribution in [3.63, 3.8) is 0 Å². The van der Waals surface area contributed by atoms with Crippen LogP contribution in [0.2, 0.25) is 0 Å². The molecule has 0 aliphatic rings. The molecule has 1 aromatic heterocycles. The molecule has 0 fully saturated rings. The van der Waals surface area contributed by atoms with Gasteiger partial charge in [0.05, 0.1) is 11.2 Å². The lowest BCUT2D eigenvalue weighted by Crippen LogP contribution is -2.17. The van der Waals surface area contributed by atoms with Crippen molar-refractivity contribution in [2.45, 2.75) is 0 Å². The molecule has 0 bridgehead atoms. The van der Waals surface area contributed by atoms with Crippen LogP contribution in [0, 0.1) is 0 Å². The Labute approximate surface area is 104 Å². The van der Waals surface area contributed by atoms with E-state index in [-0.39, 0.29) is 18.0 Å². The molecule has 0 aliphatic carbocycles. The van der Waals surface area contributed by atoms with Gasteiger partial charge in [0.1, 0.15) is 22.2 Å². The van der Waals surface area contributed by atoms with Gasteiger partial charge in [-0.3, -0.25) is 9.97 Å². The summed E-state index contributed by atoms with van der Waals surface area (Å²) in [7, 11) is -1.55. The predicted molar refractivity (Wildman–Crippen MR) is 69.2 cm³/mol. The smallest absolute Gasteiger partial charge is 0.178 e. The van der Waals surface area contributed by atoms with Gasteiger partial charge in [0.15, 0.2) is 12.3 Å². The van der Waals surface area contributed by atoms with Crippen molar-refractivity contribution >= 4 is 45.7 Å². The SMILES string of the molecule is CS(=O)N(SF)c1c(N)ccc2nccnc12. The van der Waals surface area contributed by atoms with E-state index in [2.05, 4.69) is 9.97 Å². The molecule has 0 aliphatic heterocycles. The van der Waals surface area contributed by atoms with Gasteiger partial charge in [-0.25, -0.2) is 7.92 Å². The number of rotatable bonds is 3. The maximum absolute atomic E-state index is 12.8. The minimum Gasteiger partial charge on any atom is -0.397 e. The third kappa shape index (κ3) is 2.18. The summed E-state index contributed by atoms with van der Waals surface area (Å²) in [4.78, 5) is 8.18. The Morgan fingerprint density at radius 2 is 2.12 bits per heavy atom. The summed E-state index contributed by atoms with van der Waals surface area (Å²) in [5, 5.41) is 0. The van der Waals surface area contributed by atoms with Crippen LogP contribution in [-0.2, 0) is 11.0 Å². The van der Waals surface area contributed by atoms with Crippen molar-refractivity contribution in [3.05, 3.63) is 24.5 Å². The number of fused-ring (bicyclic) bond motifs is 1. The van der Waals surface area contributed by atoms with Crippen LogP contribution >= 0.6 is 12.3 Å². The van der Waals surface area contributed by atoms with Crippen molar-refractivity contribution in [3.8, 4) is 0 Å². The number of nitrogen functional groups attached to an aromatic ring is 1. The minimum atomic E-state index is -1.55. The number of halogens is 1. The lowest BCUT2D eigenvalue weighted by atomic mass is 10.2. The topological polar surface area (TPSA) is 72.1 Å². The molecule has 0 saturated carbocycles. The Hall–Kier alpha value is -1.41. The molecule has 2 aromatic rings. The molecule has 17 heavy (non-hydrogen) atoms. The third-order valence-corrected chi connectivity index (χ3v) is 3.88. The molecule has 8 heteroatoms. The molecule has 0 spiro atoms. The van der Waals surface area contributed by atoms with Crippen LogP contribution in [0.4, 0.5) is 15.3 Å². The van der Waals surface area contributed by atoms with Crippen LogP contribution in [0.15, 0.2) is 24.5 Å². The van der Waals surface area contributed by atoms with Gasteiger partial charge >= 0.3 is 0 Å². The van der Waals surface area contributed by atoms with E-state index >= 15 is 0 Å². The van der Waals surface area contributed by atoms with E-state index in [1.807, 2.05) is 0 Å². The Morgan fingerprint density at radius 3 is 2.76 bits per heavy atom. The maximum atomic E-state index is 12.8. The van der Waals surface area contributed by atoms with E-state index in [0.29, 0.717) is 16.7 Å². The highest BCUT2D eigenvalue weighted by Crippen LogP contribution is 2.35. The van der Waals surface area contributed by atoms with Gasteiger partial charge in [-0.2, -0.15) is 0 Å². The molecule has 0 radical (unpaired) electrons. The fourth-order valence-corrected chi connectivity index (χ4v) is 2.46. The summed E-state index contributed by atoms with van der Waals surface area (Å²) in [6, 6.07) is 3.27. The highest BCUT2D eigenvalue weighted by Gasteiger charge is 2.19. The first-order chi connectivity index (χ1) is 8.15. The second-order valence-corrected chi connectivity index (χ2v) is 5.12. The lowest BCUT2D eigenvalue weighted by Gasteiger charge is -2.18.